The molecule has 0 aliphatic carbocycles. The molecule has 0 aliphatic heterocycles. The van der Waals surface area contributed by atoms with E-state index >= 15 is 0 Å². The van der Waals surface area contributed by atoms with Crippen molar-refractivity contribution in [2.45, 2.75) is 60.5 Å². The molecule has 0 heterocycles. The van der Waals surface area contributed by atoms with Crippen LogP contribution in [0.5, 0.6) is 5.75 Å². The van der Waals surface area contributed by atoms with Gasteiger partial charge in [-0.3, -0.25) is 4.79 Å². The zero-order chi connectivity index (χ0) is 21.7. The Kier molecular flexibility index (Phi) is 7.43. The van der Waals surface area contributed by atoms with Crippen LogP contribution in [0.25, 0.3) is 0 Å². The summed E-state index contributed by atoms with van der Waals surface area (Å²) in [5.74, 6) is -0.0123. The minimum Gasteiger partial charge on any atom is -0.481 e. The smallest absolute Gasteiger partial charge is 0.344 e. The van der Waals surface area contributed by atoms with Crippen LogP contribution in [0.15, 0.2) is 30.3 Å². The second-order valence-electron chi connectivity index (χ2n) is 7.83. The van der Waals surface area contributed by atoms with E-state index in [0.717, 1.165) is 33.5 Å². The molecule has 1 atom stereocenters. The second kappa shape index (κ2) is 9.59. The Hall–Kier alpha value is -2.82. The summed E-state index contributed by atoms with van der Waals surface area (Å²) in [6.45, 7) is 13.3. The molecule has 5 nitrogen and oxygen atoms in total. The first-order valence-corrected chi connectivity index (χ1v) is 9.90. The molecule has 156 valence electrons. The van der Waals surface area contributed by atoms with Gasteiger partial charge >= 0.3 is 5.97 Å². The van der Waals surface area contributed by atoms with E-state index in [0.29, 0.717) is 5.75 Å². The number of rotatable bonds is 7. The average molecular weight is 398 g/mol. The van der Waals surface area contributed by atoms with Gasteiger partial charge in [0, 0.05) is 5.69 Å². The zero-order valence-corrected chi connectivity index (χ0v) is 18.4. The fourth-order valence-electron chi connectivity index (χ4n) is 3.38. The minimum absolute atomic E-state index is 0.246. The molecular weight excluding hydrogens is 366 g/mol. The number of anilines is 1. The van der Waals surface area contributed by atoms with Crippen LogP contribution in [0.4, 0.5) is 5.69 Å². The van der Waals surface area contributed by atoms with Crippen molar-refractivity contribution in [2.75, 3.05) is 11.9 Å². The number of amides is 1. The van der Waals surface area contributed by atoms with E-state index in [9.17, 15) is 9.59 Å². The normalized spacial score (nSPS) is 11.9. The van der Waals surface area contributed by atoms with Gasteiger partial charge in [-0.15, -0.1) is 0 Å². The van der Waals surface area contributed by atoms with E-state index < -0.39 is 12.1 Å². The molecule has 1 amide bonds. The van der Waals surface area contributed by atoms with Crippen LogP contribution in [-0.2, 0) is 14.3 Å². The van der Waals surface area contributed by atoms with Gasteiger partial charge in [0.25, 0.3) is 5.91 Å². The monoisotopic (exact) mass is 397 g/mol. The lowest BCUT2D eigenvalue weighted by Crippen LogP contribution is -2.32. The van der Waals surface area contributed by atoms with Gasteiger partial charge in [0.2, 0.25) is 0 Å². The van der Waals surface area contributed by atoms with Crippen LogP contribution in [0, 0.1) is 27.7 Å². The Morgan fingerprint density at radius 1 is 0.966 bits per heavy atom. The SMILES string of the molecule is Cc1cc(C)c(OCC(=O)O[C@@H](C)C(=O)Nc2c(C)cccc2C(C)C)c(C)c1. The number of para-hydroxylation sites is 1. The Labute approximate surface area is 173 Å². The quantitative estimate of drug-likeness (QED) is 0.668. The topological polar surface area (TPSA) is 64.6 Å². The van der Waals surface area contributed by atoms with E-state index in [4.69, 9.17) is 9.47 Å². The third-order valence-corrected chi connectivity index (χ3v) is 4.79. The molecule has 5 heteroatoms. The molecule has 0 aliphatic rings. The predicted octanol–water partition coefficient (Wildman–Crippen LogP) is 4.99. The van der Waals surface area contributed by atoms with E-state index in [2.05, 4.69) is 19.2 Å². The Balaban J connectivity index is 1.97. The third-order valence-electron chi connectivity index (χ3n) is 4.79. The molecule has 0 saturated carbocycles. The van der Waals surface area contributed by atoms with Crippen LogP contribution in [0.2, 0.25) is 0 Å². The molecule has 1 N–H and O–H groups in total. The third kappa shape index (κ3) is 5.83. The zero-order valence-electron chi connectivity index (χ0n) is 18.4. The standard InChI is InChI=1S/C24H31NO4/c1-14(2)20-10-8-9-16(4)22(20)25-24(27)19(7)29-21(26)13-28-23-17(5)11-15(3)12-18(23)6/h8-12,14,19H,13H2,1-7H3,(H,25,27)/t19-/m0/s1. The van der Waals surface area contributed by atoms with Gasteiger partial charge in [0.05, 0.1) is 0 Å². The van der Waals surface area contributed by atoms with Crippen LogP contribution in [0.3, 0.4) is 0 Å². The van der Waals surface area contributed by atoms with Crippen molar-refractivity contribution >= 4 is 17.6 Å². The minimum atomic E-state index is -0.925. The van der Waals surface area contributed by atoms with Crippen molar-refractivity contribution in [1.29, 1.82) is 0 Å². The summed E-state index contributed by atoms with van der Waals surface area (Å²) in [4.78, 5) is 24.8. The van der Waals surface area contributed by atoms with Crippen molar-refractivity contribution in [3.05, 3.63) is 58.1 Å². The molecule has 0 bridgehead atoms. The Morgan fingerprint density at radius 2 is 1.59 bits per heavy atom. The number of benzene rings is 2. The first kappa shape index (κ1) is 22.5. The molecule has 2 rings (SSSR count). The van der Waals surface area contributed by atoms with Gasteiger partial charge in [-0.1, -0.05) is 49.7 Å². The van der Waals surface area contributed by atoms with Crippen molar-refractivity contribution in [3.8, 4) is 5.75 Å². The summed E-state index contributed by atoms with van der Waals surface area (Å²) in [6.07, 6.45) is -0.925. The molecule has 2 aromatic rings. The number of hydrogen-bond donors (Lipinski definition) is 1. The van der Waals surface area contributed by atoms with Gasteiger partial charge in [-0.2, -0.15) is 0 Å². The van der Waals surface area contributed by atoms with Crippen LogP contribution < -0.4 is 10.1 Å². The van der Waals surface area contributed by atoms with Gasteiger partial charge in [-0.05, 0) is 62.8 Å². The van der Waals surface area contributed by atoms with E-state index in [1.165, 1.54) is 0 Å². The highest BCUT2D eigenvalue weighted by atomic mass is 16.6. The fourth-order valence-corrected chi connectivity index (χ4v) is 3.38. The molecule has 0 unspecified atom stereocenters. The Morgan fingerprint density at radius 3 is 2.17 bits per heavy atom. The van der Waals surface area contributed by atoms with Gasteiger partial charge in [-0.25, -0.2) is 4.79 Å². The summed E-state index contributed by atoms with van der Waals surface area (Å²) >= 11 is 0. The lowest BCUT2D eigenvalue weighted by atomic mass is 9.98. The van der Waals surface area contributed by atoms with Crippen molar-refractivity contribution in [2.24, 2.45) is 0 Å². The predicted molar refractivity (Wildman–Crippen MR) is 116 cm³/mol. The summed E-state index contributed by atoms with van der Waals surface area (Å²) in [7, 11) is 0. The number of aryl methyl sites for hydroxylation is 4. The summed E-state index contributed by atoms with van der Waals surface area (Å²) in [6, 6.07) is 9.90. The van der Waals surface area contributed by atoms with Gasteiger partial charge in [0.15, 0.2) is 12.7 Å². The molecule has 0 radical (unpaired) electrons. The van der Waals surface area contributed by atoms with Crippen LogP contribution in [0.1, 0.15) is 54.5 Å². The van der Waals surface area contributed by atoms with E-state index in [1.54, 1.807) is 6.92 Å². The summed E-state index contributed by atoms with van der Waals surface area (Å²) in [5.41, 5.74) is 5.85. The maximum Gasteiger partial charge on any atom is 0.344 e. The molecule has 29 heavy (non-hydrogen) atoms. The number of hydrogen-bond acceptors (Lipinski definition) is 4. The maximum atomic E-state index is 12.6. The maximum absolute atomic E-state index is 12.6. The molecule has 0 saturated heterocycles. The van der Waals surface area contributed by atoms with Crippen LogP contribution in [-0.4, -0.2) is 24.6 Å². The first-order valence-electron chi connectivity index (χ1n) is 9.90. The van der Waals surface area contributed by atoms with Crippen molar-refractivity contribution in [3.63, 3.8) is 0 Å². The highest BCUT2D eigenvalue weighted by molar-refractivity contribution is 5.96. The van der Waals surface area contributed by atoms with E-state index in [1.807, 2.05) is 58.0 Å². The number of carbonyl (C=O) groups is 2. The summed E-state index contributed by atoms with van der Waals surface area (Å²) < 4.78 is 10.9. The Bertz CT molecular complexity index is 879. The average Bonchev–Trinajstić information content (AvgIpc) is 2.62. The number of nitrogens with one attached hydrogen (secondary N) is 1. The highest BCUT2D eigenvalue weighted by Crippen LogP contribution is 2.28. The first-order chi connectivity index (χ1) is 13.6. The fraction of sp³-hybridized carbons (Fsp3) is 0.417. The second-order valence-corrected chi connectivity index (χ2v) is 7.83. The van der Waals surface area contributed by atoms with Crippen LogP contribution >= 0.6 is 0 Å². The lowest BCUT2D eigenvalue weighted by Gasteiger charge is -2.19. The molecule has 0 spiro atoms. The van der Waals surface area contributed by atoms with Gasteiger partial charge < -0.3 is 14.8 Å². The lowest BCUT2D eigenvalue weighted by molar-refractivity contribution is -0.155. The number of esters is 1. The molecule has 2 aromatic carbocycles. The summed E-state index contributed by atoms with van der Waals surface area (Å²) in [5, 5.41) is 2.91. The highest BCUT2D eigenvalue weighted by Gasteiger charge is 2.21. The number of ether oxygens (including phenoxy) is 2. The number of carbonyl (C=O) groups excluding carboxylic acids is 2. The van der Waals surface area contributed by atoms with Crippen molar-refractivity contribution in [1.82, 2.24) is 0 Å². The largest absolute Gasteiger partial charge is 0.481 e. The molecular formula is C24H31NO4. The molecule has 0 aromatic heterocycles. The van der Waals surface area contributed by atoms with Gasteiger partial charge in [0.1, 0.15) is 5.75 Å². The molecule has 0 fully saturated rings. The van der Waals surface area contributed by atoms with Crippen molar-refractivity contribution < 1.29 is 19.1 Å². The van der Waals surface area contributed by atoms with E-state index in [-0.39, 0.29) is 18.4 Å².